The molecule has 0 N–H and O–H groups in total. The van der Waals surface area contributed by atoms with E-state index in [1.165, 1.54) is 30.0 Å². The van der Waals surface area contributed by atoms with Gasteiger partial charge in [-0.1, -0.05) is 57.6 Å². The number of ether oxygens (including phenoxy) is 1. The zero-order chi connectivity index (χ0) is 14.5. The summed E-state index contributed by atoms with van der Waals surface area (Å²) in [4.78, 5) is 13.6. The zero-order valence-corrected chi connectivity index (χ0v) is 13.6. The van der Waals surface area contributed by atoms with E-state index in [2.05, 4.69) is 33.9 Å². The van der Waals surface area contributed by atoms with Crippen molar-refractivity contribution >= 4 is 14.0 Å². The molecule has 0 radical (unpaired) electrons. The van der Waals surface area contributed by atoms with E-state index in [0.717, 1.165) is 6.04 Å². The Morgan fingerprint density at radius 3 is 2.42 bits per heavy atom. The van der Waals surface area contributed by atoms with Crippen LogP contribution in [-0.2, 0) is 9.53 Å². The van der Waals surface area contributed by atoms with E-state index in [1.54, 1.807) is 0 Å². The summed E-state index contributed by atoms with van der Waals surface area (Å²) in [5, 5.41) is 0. The summed E-state index contributed by atoms with van der Waals surface area (Å²) in [5.74, 6) is 0.0674. The largest absolute Gasteiger partial charge is 0.487 e. The highest BCUT2D eigenvalue weighted by molar-refractivity contribution is 6.80. The van der Waals surface area contributed by atoms with E-state index >= 15 is 0 Å². The molecule has 1 unspecified atom stereocenters. The minimum absolute atomic E-state index is 0.0674. The Hall–Kier alpha value is -1.03. The van der Waals surface area contributed by atoms with E-state index in [4.69, 9.17) is 4.74 Å². The van der Waals surface area contributed by atoms with Crippen LogP contribution in [0.25, 0.3) is 0 Å². The van der Waals surface area contributed by atoms with Crippen LogP contribution in [0.15, 0.2) is 25.0 Å². The third kappa shape index (κ3) is 3.72. The van der Waals surface area contributed by atoms with Crippen molar-refractivity contribution in [3.63, 3.8) is 0 Å². The molecule has 0 aromatic heterocycles. The molecular weight excluding hydrogens is 254 g/mol. The number of nitrogens with zero attached hydrogens (tertiary/aromatic N) is 1. The molecule has 1 rings (SSSR count). The van der Waals surface area contributed by atoms with Crippen molar-refractivity contribution in [3.05, 3.63) is 25.0 Å². The fraction of sp³-hybridized carbons (Fsp3) is 0.667. The van der Waals surface area contributed by atoms with Crippen LogP contribution in [-0.4, -0.2) is 38.1 Å². The van der Waals surface area contributed by atoms with E-state index in [0.29, 0.717) is 13.1 Å². The maximum atomic E-state index is 11.8. The van der Waals surface area contributed by atoms with Gasteiger partial charge in [0.05, 0.1) is 20.9 Å². The molecule has 0 aliphatic carbocycles. The van der Waals surface area contributed by atoms with Crippen LogP contribution in [0.1, 0.15) is 20.8 Å². The average molecular weight is 281 g/mol. The third-order valence-electron chi connectivity index (χ3n) is 4.52. The molecule has 1 amide bonds. The first-order valence-electron chi connectivity index (χ1n) is 7.23. The summed E-state index contributed by atoms with van der Waals surface area (Å²) in [6.07, 6.45) is 1.04. The molecular formula is C15H27NO2Si. The van der Waals surface area contributed by atoms with Crippen LogP contribution in [0.2, 0.25) is 24.2 Å². The summed E-state index contributed by atoms with van der Waals surface area (Å²) >= 11 is 0. The molecule has 0 aromatic rings. The first-order valence-corrected chi connectivity index (χ1v) is 10.1. The molecule has 1 heterocycles. The second kappa shape index (κ2) is 6.94. The van der Waals surface area contributed by atoms with Gasteiger partial charge in [0, 0.05) is 6.54 Å². The van der Waals surface area contributed by atoms with E-state index in [9.17, 15) is 4.79 Å². The van der Waals surface area contributed by atoms with Crippen molar-refractivity contribution in [1.82, 2.24) is 4.90 Å². The first-order chi connectivity index (χ1) is 9.01. The number of carbonyl (C=O) groups is 1. The Labute approximate surface area is 118 Å². The number of likely N-dealkylation sites (tertiary alicyclic amines) is 1. The van der Waals surface area contributed by atoms with E-state index in [-0.39, 0.29) is 12.0 Å². The van der Waals surface area contributed by atoms with Crippen molar-refractivity contribution in [1.29, 1.82) is 0 Å². The van der Waals surface area contributed by atoms with Crippen molar-refractivity contribution in [3.8, 4) is 0 Å². The predicted octanol–water partition coefficient (Wildman–Crippen LogP) is 3.42. The van der Waals surface area contributed by atoms with Gasteiger partial charge in [-0.3, -0.25) is 4.79 Å². The van der Waals surface area contributed by atoms with Crippen molar-refractivity contribution in [2.24, 2.45) is 0 Å². The molecule has 1 aliphatic heterocycles. The van der Waals surface area contributed by atoms with Crippen LogP contribution >= 0.6 is 0 Å². The van der Waals surface area contributed by atoms with Gasteiger partial charge in [0.2, 0.25) is 0 Å². The SMILES string of the molecule is C=COC1CN(CC(=C)C[Si](CC)(CC)CC)C1=O. The summed E-state index contributed by atoms with van der Waals surface area (Å²) < 4.78 is 5.12. The lowest BCUT2D eigenvalue weighted by molar-refractivity contribution is -0.155. The number of carbonyl (C=O) groups excluding carboxylic acids is 1. The highest BCUT2D eigenvalue weighted by Crippen LogP contribution is 2.29. The fourth-order valence-electron chi connectivity index (χ4n) is 2.80. The number of rotatable bonds is 9. The zero-order valence-electron chi connectivity index (χ0n) is 12.6. The van der Waals surface area contributed by atoms with Gasteiger partial charge in [0.1, 0.15) is 0 Å². The van der Waals surface area contributed by atoms with Crippen LogP contribution < -0.4 is 0 Å². The Kier molecular flexibility index (Phi) is 5.85. The van der Waals surface area contributed by atoms with Crippen molar-refractivity contribution in [2.45, 2.75) is 51.1 Å². The van der Waals surface area contributed by atoms with Crippen LogP contribution in [0, 0.1) is 0 Å². The summed E-state index contributed by atoms with van der Waals surface area (Å²) in [7, 11) is -1.18. The molecule has 0 saturated carbocycles. The van der Waals surface area contributed by atoms with E-state index < -0.39 is 8.07 Å². The molecule has 1 aliphatic rings. The molecule has 1 atom stereocenters. The number of β-lactam (4-membered cyclic amide) rings is 1. The first kappa shape index (κ1) is 16.0. The molecule has 3 nitrogen and oxygen atoms in total. The van der Waals surface area contributed by atoms with Crippen LogP contribution in [0.5, 0.6) is 0 Å². The third-order valence-corrected chi connectivity index (χ3v) is 10.3. The van der Waals surface area contributed by atoms with Gasteiger partial charge >= 0.3 is 0 Å². The highest BCUT2D eigenvalue weighted by Gasteiger charge is 2.38. The highest BCUT2D eigenvalue weighted by atomic mass is 28.3. The quantitative estimate of drug-likeness (QED) is 0.280. The normalized spacial score (nSPS) is 19.0. The second-order valence-corrected chi connectivity index (χ2v) is 11.0. The molecule has 0 spiro atoms. The number of amides is 1. The molecule has 1 fully saturated rings. The van der Waals surface area contributed by atoms with Crippen LogP contribution in [0.4, 0.5) is 0 Å². The fourth-order valence-corrected chi connectivity index (χ4v) is 6.22. The summed E-state index contributed by atoms with van der Waals surface area (Å²) in [6.45, 7) is 15.9. The number of hydrogen-bond donors (Lipinski definition) is 0. The van der Waals surface area contributed by atoms with Gasteiger partial charge in [-0.25, -0.2) is 0 Å². The predicted molar refractivity (Wildman–Crippen MR) is 82.8 cm³/mol. The lowest BCUT2D eigenvalue weighted by Gasteiger charge is -2.39. The summed E-state index contributed by atoms with van der Waals surface area (Å²) in [6, 6.07) is 5.05. The van der Waals surface area contributed by atoms with Gasteiger partial charge < -0.3 is 9.64 Å². The molecule has 108 valence electrons. The lowest BCUT2D eigenvalue weighted by Crippen LogP contribution is -2.57. The van der Waals surface area contributed by atoms with E-state index in [1.807, 2.05) is 4.90 Å². The minimum atomic E-state index is -1.18. The molecule has 4 heteroatoms. The Morgan fingerprint density at radius 2 is 2.00 bits per heavy atom. The van der Waals surface area contributed by atoms with Gasteiger partial charge in [-0.2, -0.15) is 0 Å². The smallest absolute Gasteiger partial charge is 0.265 e. The molecule has 0 bridgehead atoms. The van der Waals surface area contributed by atoms with Crippen molar-refractivity contribution in [2.75, 3.05) is 13.1 Å². The topological polar surface area (TPSA) is 29.5 Å². The maximum absolute atomic E-state index is 11.8. The van der Waals surface area contributed by atoms with Crippen molar-refractivity contribution < 1.29 is 9.53 Å². The minimum Gasteiger partial charge on any atom is -0.487 e. The monoisotopic (exact) mass is 281 g/mol. The molecule has 1 saturated heterocycles. The maximum Gasteiger partial charge on any atom is 0.265 e. The average Bonchev–Trinajstić information content (AvgIpc) is 2.43. The van der Waals surface area contributed by atoms with Gasteiger partial charge in [-0.15, -0.1) is 0 Å². The number of hydrogen-bond acceptors (Lipinski definition) is 2. The Balaban J connectivity index is 2.45. The lowest BCUT2D eigenvalue weighted by atomic mass is 10.1. The van der Waals surface area contributed by atoms with Gasteiger partial charge in [0.15, 0.2) is 6.10 Å². The second-order valence-electron chi connectivity index (χ2n) is 5.50. The van der Waals surface area contributed by atoms with Gasteiger partial charge in [-0.05, 0) is 6.04 Å². The summed E-state index contributed by atoms with van der Waals surface area (Å²) in [5.41, 5.74) is 1.21. The Bertz CT molecular complexity index is 342. The molecule has 19 heavy (non-hydrogen) atoms. The van der Waals surface area contributed by atoms with Gasteiger partial charge in [0.25, 0.3) is 5.91 Å². The van der Waals surface area contributed by atoms with Crippen LogP contribution in [0.3, 0.4) is 0 Å². The Morgan fingerprint density at radius 1 is 1.42 bits per heavy atom. The standard InChI is InChI=1S/C15H27NO2Si/c1-6-18-14-11-16(15(14)17)10-13(5)12-19(7-2,8-3)9-4/h6,14H,1,5,7-12H2,2-4H3. The molecule has 0 aromatic carbocycles.